The Balaban J connectivity index is 1.53. The van der Waals surface area contributed by atoms with Crippen molar-refractivity contribution >= 4 is 23.6 Å². The molecule has 1 aromatic heterocycles. The van der Waals surface area contributed by atoms with Gasteiger partial charge < -0.3 is 10.2 Å². The minimum absolute atomic E-state index is 0.0168. The highest BCUT2D eigenvalue weighted by molar-refractivity contribution is 8.00. The highest BCUT2D eigenvalue weighted by atomic mass is 32.2. The molecule has 0 spiro atoms. The molecule has 1 aliphatic carbocycles. The van der Waals surface area contributed by atoms with Crippen LogP contribution in [0.15, 0.2) is 59.6 Å². The standard InChI is InChI=1S/C25H26N4O2S/c1-16-8-10-18(11-9-16)14-26-24(31)23-22-17(2)27-29(20-6-4-3-5-7-20)25(22)32-15-21(30)28(23)19-12-13-19/h3-11,19,23H,12-15H2,1-2H3,(H,26,31). The first-order chi connectivity index (χ1) is 15.5. The van der Waals surface area contributed by atoms with E-state index in [2.05, 4.69) is 5.32 Å². The normalized spacial score (nSPS) is 18.2. The number of thioether (sulfide) groups is 1. The van der Waals surface area contributed by atoms with E-state index in [0.717, 1.165) is 40.4 Å². The van der Waals surface area contributed by atoms with Gasteiger partial charge in [-0.15, -0.1) is 0 Å². The maximum atomic E-state index is 13.6. The van der Waals surface area contributed by atoms with Crippen LogP contribution < -0.4 is 5.32 Å². The van der Waals surface area contributed by atoms with Crippen molar-refractivity contribution in [1.29, 1.82) is 0 Å². The molecule has 1 atom stereocenters. The van der Waals surface area contributed by atoms with E-state index >= 15 is 0 Å². The largest absolute Gasteiger partial charge is 0.350 e. The summed E-state index contributed by atoms with van der Waals surface area (Å²) in [7, 11) is 0. The van der Waals surface area contributed by atoms with Crippen molar-refractivity contribution in [1.82, 2.24) is 20.0 Å². The highest BCUT2D eigenvalue weighted by Crippen LogP contribution is 2.43. The van der Waals surface area contributed by atoms with E-state index in [4.69, 9.17) is 5.10 Å². The summed E-state index contributed by atoms with van der Waals surface area (Å²) in [4.78, 5) is 28.5. The monoisotopic (exact) mass is 446 g/mol. The van der Waals surface area contributed by atoms with Crippen molar-refractivity contribution < 1.29 is 9.59 Å². The Morgan fingerprint density at radius 1 is 1.09 bits per heavy atom. The number of aromatic nitrogens is 2. The summed E-state index contributed by atoms with van der Waals surface area (Å²) in [6.45, 7) is 4.40. The number of para-hydroxylation sites is 1. The van der Waals surface area contributed by atoms with Gasteiger partial charge in [-0.05, 0) is 44.4 Å². The Kier molecular flexibility index (Phi) is 5.51. The van der Waals surface area contributed by atoms with Gasteiger partial charge in [0.2, 0.25) is 11.8 Å². The van der Waals surface area contributed by atoms with Crippen LogP contribution in [0.4, 0.5) is 0 Å². The number of hydrogen-bond donors (Lipinski definition) is 1. The van der Waals surface area contributed by atoms with Crippen molar-refractivity contribution in [2.24, 2.45) is 0 Å². The molecule has 32 heavy (non-hydrogen) atoms. The maximum absolute atomic E-state index is 13.6. The van der Waals surface area contributed by atoms with Crippen LogP contribution in [0.2, 0.25) is 0 Å². The number of fused-ring (bicyclic) bond motifs is 1. The van der Waals surface area contributed by atoms with E-state index in [-0.39, 0.29) is 17.9 Å². The third kappa shape index (κ3) is 3.93. The first-order valence-electron chi connectivity index (χ1n) is 10.9. The van der Waals surface area contributed by atoms with Gasteiger partial charge in [0.1, 0.15) is 11.1 Å². The molecule has 2 amide bonds. The summed E-state index contributed by atoms with van der Waals surface area (Å²) in [6, 6.07) is 17.5. The minimum atomic E-state index is -0.664. The third-order valence-electron chi connectivity index (χ3n) is 6.01. The van der Waals surface area contributed by atoms with Crippen molar-refractivity contribution in [3.05, 3.63) is 77.0 Å². The van der Waals surface area contributed by atoms with E-state index < -0.39 is 6.04 Å². The molecular weight excluding hydrogens is 420 g/mol. The van der Waals surface area contributed by atoms with Crippen LogP contribution in [0, 0.1) is 13.8 Å². The van der Waals surface area contributed by atoms with Crippen LogP contribution in [-0.4, -0.2) is 38.3 Å². The van der Waals surface area contributed by atoms with Gasteiger partial charge >= 0.3 is 0 Å². The lowest BCUT2D eigenvalue weighted by atomic mass is 10.0. The number of aryl methyl sites for hydroxylation is 2. The molecule has 7 heteroatoms. The van der Waals surface area contributed by atoms with E-state index in [1.165, 1.54) is 17.3 Å². The summed E-state index contributed by atoms with van der Waals surface area (Å²) in [5, 5.41) is 8.74. The predicted molar refractivity (Wildman–Crippen MR) is 125 cm³/mol. The van der Waals surface area contributed by atoms with Crippen molar-refractivity contribution in [3.8, 4) is 5.69 Å². The van der Waals surface area contributed by atoms with Crippen LogP contribution in [0.5, 0.6) is 0 Å². The molecule has 2 heterocycles. The number of carbonyl (C=O) groups is 2. The van der Waals surface area contributed by atoms with Gasteiger partial charge in [0.05, 0.1) is 17.1 Å². The number of carbonyl (C=O) groups excluding carboxylic acids is 2. The van der Waals surface area contributed by atoms with Gasteiger partial charge in [-0.1, -0.05) is 59.8 Å². The van der Waals surface area contributed by atoms with Crippen LogP contribution in [-0.2, 0) is 16.1 Å². The van der Waals surface area contributed by atoms with Gasteiger partial charge in [0.15, 0.2) is 0 Å². The van der Waals surface area contributed by atoms with Gasteiger partial charge in [-0.2, -0.15) is 5.10 Å². The zero-order valence-corrected chi connectivity index (χ0v) is 19.1. The fourth-order valence-electron chi connectivity index (χ4n) is 4.22. The average molecular weight is 447 g/mol. The first-order valence-corrected chi connectivity index (χ1v) is 11.9. The quantitative estimate of drug-likeness (QED) is 0.645. The second-order valence-electron chi connectivity index (χ2n) is 8.48. The SMILES string of the molecule is Cc1ccc(CNC(=O)C2c3c(C)nn(-c4ccccc4)c3SCC(=O)N2C2CC2)cc1. The molecule has 1 fully saturated rings. The summed E-state index contributed by atoms with van der Waals surface area (Å²) in [6.07, 6.45) is 1.89. The Hall–Kier alpha value is -3.06. The average Bonchev–Trinajstić information content (AvgIpc) is 3.60. The van der Waals surface area contributed by atoms with Gasteiger partial charge in [0.25, 0.3) is 0 Å². The van der Waals surface area contributed by atoms with E-state index in [0.29, 0.717) is 12.3 Å². The maximum Gasteiger partial charge on any atom is 0.247 e. The van der Waals surface area contributed by atoms with Crippen molar-refractivity contribution in [2.45, 2.75) is 50.3 Å². The minimum Gasteiger partial charge on any atom is -0.350 e. The lowest BCUT2D eigenvalue weighted by Crippen LogP contribution is -2.45. The Labute approximate surface area is 192 Å². The molecule has 2 aliphatic rings. The fraction of sp³-hybridized carbons (Fsp3) is 0.320. The second kappa shape index (κ2) is 8.47. The van der Waals surface area contributed by atoms with Crippen molar-refractivity contribution in [3.63, 3.8) is 0 Å². The fourth-order valence-corrected chi connectivity index (χ4v) is 5.31. The molecule has 2 aromatic carbocycles. The summed E-state index contributed by atoms with van der Waals surface area (Å²) in [5.74, 6) is 0.178. The summed E-state index contributed by atoms with van der Waals surface area (Å²) >= 11 is 1.48. The lowest BCUT2D eigenvalue weighted by molar-refractivity contribution is -0.139. The number of nitrogens with zero attached hydrogens (tertiary/aromatic N) is 3. The molecule has 0 saturated heterocycles. The molecule has 3 aromatic rings. The Morgan fingerprint density at radius 2 is 1.81 bits per heavy atom. The first kappa shape index (κ1) is 20.8. The molecule has 1 saturated carbocycles. The molecule has 0 radical (unpaired) electrons. The van der Waals surface area contributed by atoms with Crippen molar-refractivity contribution in [2.75, 3.05) is 5.75 Å². The number of benzene rings is 2. The van der Waals surface area contributed by atoms with E-state index in [9.17, 15) is 9.59 Å². The zero-order chi connectivity index (χ0) is 22.2. The number of amides is 2. The van der Waals surface area contributed by atoms with E-state index in [1.54, 1.807) is 0 Å². The lowest BCUT2D eigenvalue weighted by Gasteiger charge is -2.29. The molecule has 1 unspecified atom stereocenters. The topological polar surface area (TPSA) is 67.2 Å². The molecule has 5 rings (SSSR count). The van der Waals surface area contributed by atoms with Gasteiger partial charge in [0, 0.05) is 18.2 Å². The smallest absolute Gasteiger partial charge is 0.247 e. The molecule has 1 N–H and O–H groups in total. The molecular formula is C25H26N4O2S. The van der Waals surface area contributed by atoms with Crippen LogP contribution >= 0.6 is 11.8 Å². The molecule has 164 valence electrons. The van der Waals surface area contributed by atoms with Crippen LogP contribution in [0.3, 0.4) is 0 Å². The predicted octanol–water partition coefficient (Wildman–Crippen LogP) is 3.94. The number of nitrogens with one attached hydrogen (secondary N) is 1. The number of hydrogen-bond acceptors (Lipinski definition) is 4. The van der Waals surface area contributed by atoms with E-state index in [1.807, 2.05) is 78.0 Å². The van der Waals surface area contributed by atoms with Gasteiger partial charge in [-0.3, -0.25) is 9.59 Å². The summed E-state index contributed by atoms with van der Waals surface area (Å²) < 4.78 is 1.87. The van der Waals surface area contributed by atoms with Crippen LogP contribution in [0.1, 0.15) is 41.3 Å². The van der Waals surface area contributed by atoms with Gasteiger partial charge in [-0.25, -0.2) is 4.68 Å². The summed E-state index contributed by atoms with van der Waals surface area (Å²) in [5.41, 5.74) is 4.77. The Bertz CT molecular complexity index is 1150. The zero-order valence-electron chi connectivity index (χ0n) is 18.2. The molecule has 0 bridgehead atoms. The third-order valence-corrected chi connectivity index (χ3v) is 7.07. The number of rotatable bonds is 5. The Morgan fingerprint density at radius 3 is 2.50 bits per heavy atom. The highest BCUT2D eigenvalue weighted by Gasteiger charge is 2.45. The second-order valence-corrected chi connectivity index (χ2v) is 9.44. The van der Waals surface area contributed by atoms with Crippen LogP contribution in [0.25, 0.3) is 5.69 Å². The molecule has 1 aliphatic heterocycles. The molecule has 6 nitrogen and oxygen atoms in total.